The summed E-state index contributed by atoms with van der Waals surface area (Å²) in [4.78, 5) is 11.2. The lowest BCUT2D eigenvalue weighted by atomic mass is 10.1. The average molecular weight is 249 g/mol. The Morgan fingerprint density at radius 3 is 2.75 bits per heavy atom. The van der Waals surface area contributed by atoms with Gasteiger partial charge in [0.2, 0.25) is 0 Å². The Morgan fingerprint density at radius 1 is 1.56 bits per heavy atom. The molecule has 0 aromatic carbocycles. The maximum Gasteiger partial charge on any atom is 0.407 e. The predicted molar refractivity (Wildman–Crippen MR) is 61.0 cm³/mol. The van der Waals surface area contributed by atoms with Gasteiger partial charge in [-0.15, -0.1) is 0 Å². The monoisotopic (exact) mass is 249 g/mol. The van der Waals surface area contributed by atoms with E-state index in [-0.39, 0.29) is 23.5 Å². The van der Waals surface area contributed by atoms with Crippen molar-refractivity contribution in [3.63, 3.8) is 0 Å². The Bertz CT molecular complexity index is 339. The number of rotatable bonds is 4. The first-order valence-corrected chi connectivity index (χ1v) is 7.40. The average Bonchev–Trinajstić information content (AvgIpc) is 2.55. The van der Waals surface area contributed by atoms with Gasteiger partial charge in [0.25, 0.3) is 0 Å². The Labute approximate surface area is 96.5 Å². The fraction of sp³-hybridized carbons (Fsp3) is 0.900. The molecule has 1 rings (SSSR count). The van der Waals surface area contributed by atoms with E-state index in [9.17, 15) is 13.2 Å². The highest BCUT2D eigenvalue weighted by atomic mass is 32.2. The largest absolute Gasteiger partial charge is 0.447 e. The van der Waals surface area contributed by atoms with Crippen molar-refractivity contribution in [3.8, 4) is 0 Å². The summed E-state index contributed by atoms with van der Waals surface area (Å²) in [6.45, 7) is 4.13. The van der Waals surface area contributed by atoms with Crippen LogP contribution < -0.4 is 5.32 Å². The SMILES string of the molecule is CC[C@@H](C)OC(=O)NC[C@H]1CCS(=O)(=O)C1. The minimum absolute atomic E-state index is 0.0366. The molecule has 1 N–H and O–H groups in total. The van der Waals surface area contributed by atoms with Gasteiger partial charge >= 0.3 is 6.09 Å². The maximum absolute atomic E-state index is 11.2. The van der Waals surface area contributed by atoms with Crippen LogP contribution in [0, 0.1) is 5.92 Å². The van der Waals surface area contributed by atoms with Crippen molar-refractivity contribution < 1.29 is 17.9 Å². The molecule has 1 saturated heterocycles. The Hall–Kier alpha value is -0.780. The number of carbonyl (C=O) groups excluding carboxylic acids is 1. The number of amides is 1. The van der Waals surface area contributed by atoms with Gasteiger partial charge in [-0.2, -0.15) is 0 Å². The summed E-state index contributed by atoms with van der Waals surface area (Å²) >= 11 is 0. The molecule has 0 aromatic heterocycles. The molecule has 1 heterocycles. The van der Waals surface area contributed by atoms with Crippen molar-refractivity contribution in [2.45, 2.75) is 32.8 Å². The molecule has 6 heteroatoms. The molecular formula is C10H19NO4S. The number of nitrogens with one attached hydrogen (secondary N) is 1. The molecule has 0 radical (unpaired) electrons. The highest BCUT2D eigenvalue weighted by molar-refractivity contribution is 7.91. The second kappa shape index (κ2) is 5.52. The van der Waals surface area contributed by atoms with Crippen LogP contribution in [0.3, 0.4) is 0 Å². The number of sulfone groups is 1. The maximum atomic E-state index is 11.2. The quantitative estimate of drug-likeness (QED) is 0.805. The Morgan fingerprint density at radius 2 is 2.25 bits per heavy atom. The second-order valence-corrected chi connectivity index (χ2v) is 6.50. The molecule has 0 unspecified atom stereocenters. The summed E-state index contributed by atoms with van der Waals surface area (Å²) in [5.41, 5.74) is 0. The fourth-order valence-corrected chi connectivity index (χ4v) is 3.43. The molecule has 5 nitrogen and oxygen atoms in total. The van der Waals surface area contributed by atoms with E-state index < -0.39 is 15.9 Å². The first kappa shape index (κ1) is 13.3. The van der Waals surface area contributed by atoms with Crippen molar-refractivity contribution in [3.05, 3.63) is 0 Å². The van der Waals surface area contributed by atoms with E-state index in [1.807, 2.05) is 13.8 Å². The number of hydrogen-bond acceptors (Lipinski definition) is 4. The van der Waals surface area contributed by atoms with Crippen molar-refractivity contribution in [2.75, 3.05) is 18.1 Å². The van der Waals surface area contributed by atoms with E-state index in [4.69, 9.17) is 4.74 Å². The highest BCUT2D eigenvalue weighted by Crippen LogP contribution is 2.17. The standard InChI is InChI=1S/C10H19NO4S/c1-3-8(2)15-10(12)11-6-9-4-5-16(13,14)7-9/h8-9H,3-7H2,1-2H3,(H,11,12)/t8-,9-/m1/s1. The van der Waals surface area contributed by atoms with E-state index in [1.54, 1.807) is 0 Å². The summed E-state index contributed by atoms with van der Waals surface area (Å²) < 4.78 is 27.3. The van der Waals surface area contributed by atoms with Crippen molar-refractivity contribution in [2.24, 2.45) is 5.92 Å². The molecule has 0 aromatic rings. The number of hydrogen-bond donors (Lipinski definition) is 1. The van der Waals surface area contributed by atoms with Crippen molar-refractivity contribution in [1.29, 1.82) is 0 Å². The zero-order valence-electron chi connectivity index (χ0n) is 9.73. The smallest absolute Gasteiger partial charge is 0.407 e. The molecule has 0 spiro atoms. The summed E-state index contributed by atoms with van der Waals surface area (Å²) in [7, 11) is -2.86. The second-order valence-electron chi connectivity index (χ2n) is 4.27. The molecule has 1 fully saturated rings. The van der Waals surface area contributed by atoms with Gasteiger partial charge in [0, 0.05) is 6.54 Å². The van der Waals surface area contributed by atoms with Crippen molar-refractivity contribution in [1.82, 2.24) is 5.32 Å². The van der Waals surface area contributed by atoms with Crippen LogP contribution >= 0.6 is 0 Å². The highest BCUT2D eigenvalue weighted by Gasteiger charge is 2.28. The lowest BCUT2D eigenvalue weighted by Gasteiger charge is -2.13. The van der Waals surface area contributed by atoms with Gasteiger partial charge in [0.05, 0.1) is 11.5 Å². The van der Waals surface area contributed by atoms with Gasteiger partial charge in [0.15, 0.2) is 9.84 Å². The first-order valence-electron chi connectivity index (χ1n) is 5.58. The number of carbonyl (C=O) groups is 1. The molecule has 1 aliphatic heterocycles. The molecular weight excluding hydrogens is 230 g/mol. The lowest BCUT2D eigenvalue weighted by molar-refractivity contribution is 0.104. The third-order valence-corrected chi connectivity index (χ3v) is 4.58. The van der Waals surface area contributed by atoms with Crippen LogP contribution in [0.2, 0.25) is 0 Å². The third-order valence-electron chi connectivity index (χ3n) is 2.74. The fourth-order valence-electron chi connectivity index (χ4n) is 1.57. The van der Waals surface area contributed by atoms with Gasteiger partial charge in [-0.25, -0.2) is 13.2 Å². The molecule has 1 amide bonds. The van der Waals surface area contributed by atoms with Crippen LogP contribution in [0.15, 0.2) is 0 Å². The van der Waals surface area contributed by atoms with Crippen LogP contribution in [-0.2, 0) is 14.6 Å². The Kier molecular flexibility index (Phi) is 4.58. The lowest BCUT2D eigenvalue weighted by Crippen LogP contribution is -2.32. The zero-order chi connectivity index (χ0) is 12.2. The van der Waals surface area contributed by atoms with E-state index in [0.717, 1.165) is 6.42 Å². The van der Waals surface area contributed by atoms with E-state index in [2.05, 4.69) is 5.32 Å². The predicted octanol–water partition coefficient (Wildman–Crippen LogP) is 0.946. The summed E-state index contributed by atoms with van der Waals surface area (Å²) in [6, 6.07) is 0. The normalized spacial score (nSPS) is 25.0. The minimum atomic E-state index is -2.86. The number of alkyl carbamates (subject to hydrolysis) is 1. The van der Waals surface area contributed by atoms with Crippen LogP contribution in [0.1, 0.15) is 26.7 Å². The van der Waals surface area contributed by atoms with Gasteiger partial charge < -0.3 is 10.1 Å². The molecule has 0 aliphatic carbocycles. The summed E-state index contributed by atoms with van der Waals surface area (Å²) in [5.74, 6) is 0.450. The summed E-state index contributed by atoms with van der Waals surface area (Å²) in [5, 5.41) is 2.60. The van der Waals surface area contributed by atoms with E-state index in [0.29, 0.717) is 13.0 Å². The van der Waals surface area contributed by atoms with Crippen molar-refractivity contribution >= 4 is 15.9 Å². The first-order chi connectivity index (χ1) is 7.43. The summed E-state index contributed by atoms with van der Waals surface area (Å²) in [6.07, 6.45) is 0.836. The molecule has 1 aliphatic rings. The van der Waals surface area contributed by atoms with Gasteiger partial charge in [-0.1, -0.05) is 6.92 Å². The molecule has 2 atom stereocenters. The third kappa shape index (κ3) is 4.38. The van der Waals surface area contributed by atoms with Crippen LogP contribution in [-0.4, -0.2) is 38.7 Å². The van der Waals surface area contributed by atoms with Crippen LogP contribution in [0.4, 0.5) is 4.79 Å². The zero-order valence-corrected chi connectivity index (χ0v) is 10.5. The van der Waals surface area contributed by atoms with Gasteiger partial charge in [-0.05, 0) is 25.7 Å². The van der Waals surface area contributed by atoms with Crippen LogP contribution in [0.5, 0.6) is 0 Å². The number of ether oxygens (including phenoxy) is 1. The molecule has 0 saturated carbocycles. The molecule has 0 bridgehead atoms. The topological polar surface area (TPSA) is 72.5 Å². The van der Waals surface area contributed by atoms with E-state index in [1.165, 1.54) is 0 Å². The molecule has 94 valence electrons. The van der Waals surface area contributed by atoms with Crippen LogP contribution in [0.25, 0.3) is 0 Å². The van der Waals surface area contributed by atoms with Gasteiger partial charge in [-0.3, -0.25) is 0 Å². The molecule has 16 heavy (non-hydrogen) atoms. The van der Waals surface area contributed by atoms with E-state index >= 15 is 0 Å². The minimum Gasteiger partial charge on any atom is -0.447 e. The van der Waals surface area contributed by atoms with Gasteiger partial charge in [0.1, 0.15) is 6.10 Å². The Balaban J connectivity index is 2.23.